The number of carbonyl (C=O) groups excluding carboxylic acids is 2. The van der Waals surface area contributed by atoms with E-state index < -0.39 is 11.9 Å². The Hall–Kier alpha value is -1.14. The summed E-state index contributed by atoms with van der Waals surface area (Å²) in [6.45, 7) is 4.38. The molecule has 0 aromatic carbocycles. The number of hydrogen-bond acceptors (Lipinski definition) is 4. The molecule has 0 rings (SSSR count). The molecule has 8 N–H and O–H groups in total. The van der Waals surface area contributed by atoms with Crippen LogP contribution in [0, 0.1) is 0 Å². The van der Waals surface area contributed by atoms with Gasteiger partial charge in [0.05, 0.1) is 0 Å². The number of unbranched alkanes of at least 4 members (excludes halogenated alkanes) is 12. The van der Waals surface area contributed by atoms with Crippen molar-refractivity contribution < 1.29 is 19.8 Å². The Labute approximate surface area is 161 Å². The number of aliphatic carboxylic acids is 2. The minimum Gasteiger partial charge on any atom is -0.550 e. The van der Waals surface area contributed by atoms with Crippen molar-refractivity contribution in [2.24, 2.45) is 0 Å². The molecule has 0 aliphatic rings. The summed E-state index contributed by atoms with van der Waals surface area (Å²) >= 11 is 0. The van der Waals surface area contributed by atoms with Gasteiger partial charge in [-0.1, -0.05) is 90.9 Å². The Bertz CT molecular complexity index is 259. The van der Waals surface area contributed by atoms with Gasteiger partial charge in [0.2, 0.25) is 0 Å². The number of hydrogen-bond donors (Lipinski definition) is 2. The molecule has 160 valence electrons. The molecule has 0 aliphatic carbocycles. The van der Waals surface area contributed by atoms with Crippen LogP contribution in [0.1, 0.15) is 117 Å². The van der Waals surface area contributed by atoms with Crippen LogP contribution in [-0.4, -0.2) is 11.9 Å². The SMILES string of the molecule is CCCCCCCCCC(=O)[O-].CCCCCCCCCC(=O)[O-].[NH4+].[NH4+]. The fourth-order valence-corrected chi connectivity index (χ4v) is 2.45. The Kier molecular flexibility index (Phi) is 35.8. The lowest BCUT2D eigenvalue weighted by molar-refractivity contribution is -0.307. The number of carboxylic acids is 2. The second-order valence-corrected chi connectivity index (χ2v) is 6.49. The van der Waals surface area contributed by atoms with E-state index in [9.17, 15) is 19.8 Å². The van der Waals surface area contributed by atoms with Crippen LogP contribution < -0.4 is 22.5 Å². The van der Waals surface area contributed by atoms with Crippen molar-refractivity contribution in [3.05, 3.63) is 0 Å². The first-order valence-corrected chi connectivity index (χ1v) is 9.94. The van der Waals surface area contributed by atoms with Gasteiger partial charge in [-0.2, -0.15) is 0 Å². The number of carboxylic acid groups (broad SMARTS) is 2. The van der Waals surface area contributed by atoms with E-state index in [0.717, 1.165) is 25.7 Å². The van der Waals surface area contributed by atoms with Gasteiger partial charge in [-0.25, -0.2) is 0 Å². The van der Waals surface area contributed by atoms with Crippen LogP contribution in [0.4, 0.5) is 0 Å². The van der Waals surface area contributed by atoms with Crippen molar-refractivity contribution >= 4 is 11.9 Å². The fraction of sp³-hybridized carbons (Fsp3) is 0.900. The topological polar surface area (TPSA) is 153 Å². The van der Waals surface area contributed by atoms with Gasteiger partial charge in [-0.15, -0.1) is 0 Å². The lowest BCUT2D eigenvalue weighted by Crippen LogP contribution is -2.21. The van der Waals surface area contributed by atoms with Gasteiger partial charge < -0.3 is 32.1 Å². The Balaban J connectivity index is -0.000000173. The zero-order valence-electron chi connectivity index (χ0n) is 17.9. The summed E-state index contributed by atoms with van der Waals surface area (Å²) in [5, 5.41) is 20.0. The van der Waals surface area contributed by atoms with Crippen LogP contribution in [0.15, 0.2) is 0 Å². The predicted octanol–water partition coefficient (Wildman–Crippen LogP) is 4.51. The van der Waals surface area contributed by atoms with E-state index in [4.69, 9.17) is 0 Å². The van der Waals surface area contributed by atoms with Crippen LogP contribution in [0.25, 0.3) is 0 Å². The first kappa shape index (κ1) is 32.5. The predicted molar refractivity (Wildman–Crippen MR) is 107 cm³/mol. The molecule has 0 aromatic heterocycles. The maximum atomic E-state index is 10.0. The van der Waals surface area contributed by atoms with Gasteiger partial charge >= 0.3 is 0 Å². The molecule has 0 aromatic rings. The molecule has 0 atom stereocenters. The summed E-state index contributed by atoms with van der Waals surface area (Å²) in [5.41, 5.74) is 0. The van der Waals surface area contributed by atoms with Crippen molar-refractivity contribution in [3.8, 4) is 0 Å². The quantitative estimate of drug-likeness (QED) is 0.379. The first-order chi connectivity index (χ1) is 11.5. The third-order valence-corrected chi connectivity index (χ3v) is 3.97. The van der Waals surface area contributed by atoms with E-state index in [0.29, 0.717) is 0 Å². The molecule has 0 saturated heterocycles. The molecule has 0 unspecified atom stereocenters. The zero-order chi connectivity index (χ0) is 18.5. The highest BCUT2D eigenvalue weighted by atomic mass is 16.4. The molecule has 6 nitrogen and oxygen atoms in total. The highest BCUT2D eigenvalue weighted by Gasteiger charge is 1.91. The molecular weight excluding hydrogens is 332 g/mol. The summed E-state index contributed by atoms with van der Waals surface area (Å²) in [7, 11) is 0. The monoisotopic (exact) mass is 378 g/mol. The normalized spacial score (nSPS) is 9.31. The maximum Gasteiger partial charge on any atom is 0.0414 e. The molecule has 0 fully saturated rings. The third kappa shape index (κ3) is 38.4. The highest BCUT2D eigenvalue weighted by Crippen LogP contribution is 2.08. The molecule has 0 radical (unpaired) electrons. The molecule has 6 heteroatoms. The number of carbonyl (C=O) groups is 2. The van der Waals surface area contributed by atoms with E-state index >= 15 is 0 Å². The van der Waals surface area contributed by atoms with Crippen molar-refractivity contribution in [2.75, 3.05) is 0 Å². The number of quaternary nitrogens is 2. The van der Waals surface area contributed by atoms with Crippen LogP contribution in [0.2, 0.25) is 0 Å². The van der Waals surface area contributed by atoms with Gasteiger partial charge in [0, 0.05) is 11.9 Å². The van der Waals surface area contributed by atoms with Crippen molar-refractivity contribution in [1.29, 1.82) is 0 Å². The van der Waals surface area contributed by atoms with Crippen molar-refractivity contribution in [1.82, 2.24) is 12.3 Å². The molecule has 0 heterocycles. The van der Waals surface area contributed by atoms with E-state index in [1.54, 1.807) is 0 Å². The molecule has 0 spiro atoms. The molecular formula is C20H46N2O4. The zero-order valence-corrected chi connectivity index (χ0v) is 17.9. The third-order valence-electron chi connectivity index (χ3n) is 3.97. The minimum absolute atomic E-state index is 0. The molecule has 0 amide bonds. The minimum atomic E-state index is -0.913. The number of rotatable bonds is 16. The largest absolute Gasteiger partial charge is 0.550 e. The summed E-state index contributed by atoms with van der Waals surface area (Å²) in [5.74, 6) is -1.83. The van der Waals surface area contributed by atoms with Gasteiger partial charge in [0.15, 0.2) is 0 Å². The van der Waals surface area contributed by atoms with Gasteiger partial charge in [0.1, 0.15) is 0 Å². The molecule has 0 aliphatic heterocycles. The fourth-order valence-electron chi connectivity index (χ4n) is 2.45. The van der Waals surface area contributed by atoms with Crippen LogP contribution >= 0.6 is 0 Å². The van der Waals surface area contributed by atoms with E-state index in [-0.39, 0.29) is 25.1 Å². The smallest absolute Gasteiger partial charge is 0.0414 e. The lowest BCUT2D eigenvalue weighted by Gasteiger charge is -2.01. The van der Waals surface area contributed by atoms with Crippen molar-refractivity contribution in [3.63, 3.8) is 0 Å². The van der Waals surface area contributed by atoms with Gasteiger partial charge in [0.25, 0.3) is 0 Å². The Morgan fingerprint density at radius 3 is 0.962 bits per heavy atom. The summed E-state index contributed by atoms with van der Waals surface area (Å²) in [4.78, 5) is 20.0. The summed E-state index contributed by atoms with van der Waals surface area (Å²) in [6, 6.07) is 0. The average Bonchev–Trinajstić information content (AvgIpc) is 2.53. The van der Waals surface area contributed by atoms with E-state index in [1.807, 2.05) is 0 Å². The summed E-state index contributed by atoms with van der Waals surface area (Å²) < 4.78 is 0. The van der Waals surface area contributed by atoms with Crippen LogP contribution in [-0.2, 0) is 9.59 Å². The van der Waals surface area contributed by atoms with Crippen LogP contribution in [0.3, 0.4) is 0 Å². The average molecular weight is 379 g/mol. The lowest BCUT2D eigenvalue weighted by atomic mass is 10.1. The molecule has 26 heavy (non-hydrogen) atoms. The van der Waals surface area contributed by atoms with Crippen molar-refractivity contribution in [2.45, 2.75) is 117 Å². The Morgan fingerprint density at radius 2 is 0.731 bits per heavy atom. The molecule has 0 saturated carbocycles. The summed E-state index contributed by atoms with van der Waals surface area (Å²) in [6.07, 6.45) is 16.7. The molecule has 0 bridgehead atoms. The van der Waals surface area contributed by atoms with E-state index in [2.05, 4.69) is 13.8 Å². The van der Waals surface area contributed by atoms with Gasteiger partial charge in [-0.05, 0) is 25.7 Å². The second kappa shape index (κ2) is 28.7. The van der Waals surface area contributed by atoms with Gasteiger partial charge in [-0.3, -0.25) is 0 Å². The highest BCUT2D eigenvalue weighted by molar-refractivity contribution is 5.64. The standard InChI is InChI=1S/2C10H20O2.2H3N/c2*1-2-3-4-5-6-7-8-9-10(11)12;;/h2*2-9H2,1H3,(H,11,12);2*1H3. The Morgan fingerprint density at radius 1 is 0.500 bits per heavy atom. The van der Waals surface area contributed by atoms with E-state index in [1.165, 1.54) is 64.2 Å². The second-order valence-electron chi connectivity index (χ2n) is 6.49. The first-order valence-electron chi connectivity index (χ1n) is 9.94. The van der Waals surface area contributed by atoms with Crippen LogP contribution in [0.5, 0.6) is 0 Å². The maximum absolute atomic E-state index is 10.0.